The number of carbonyl (C=O) groups excluding carboxylic acids is 1. The molecular weight excluding hydrogens is 440 g/mol. The molecule has 0 bridgehead atoms. The van der Waals surface area contributed by atoms with Gasteiger partial charge in [-0.3, -0.25) is 9.48 Å². The lowest BCUT2D eigenvalue weighted by Crippen LogP contribution is -2.35. The molecule has 0 radical (unpaired) electrons. The van der Waals surface area contributed by atoms with Crippen LogP contribution < -0.4 is 5.32 Å². The molecule has 0 aliphatic rings. The fourth-order valence-electron chi connectivity index (χ4n) is 3.89. The Kier molecular flexibility index (Phi) is 12.4. The second-order valence-electron chi connectivity index (χ2n) is 13.1. The molecule has 7 nitrogen and oxygen atoms in total. The number of hydrogen-bond acceptors (Lipinski definition) is 5. The Morgan fingerprint density at radius 1 is 0.943 bits per heavy atom. The second-order valence-corrected chi connectivity index (χ2v) is 13.1. The SMILES string of the molecule is CCOC(C)(C)CCn1cc(CCC(=O)NCC(C)(C)CCOC(C)(C)CCCC(C)(C)C)nn1. The third kappa shape index (κ3) is 15.3. The quantitative estimate of drug-likeness (QED) is 0.289. The van der Waals surface area contributed by atoms with E-state index in [1.54, 1.807) is 0 Å². The van der Waals surface area contributed by atoms with Crippen LogP contribution in [0.5, 0.6) is 0 Å². The van der Waals surface area contributed by atoms with Crippen LogP contribution in [-0.2, 0) is 27.2 Å². The van der Waals surface area contributed by atoms with Crippen molar-refractivity contribution in [2.75, 3.05) is 19.8 Å². The first-order valence-corrected chi connectivity index (χ1v) is 13.5. The molecule has 1 N–H and O–H groups in total. The standard InChI is InChI=1S/C28H54N4O3/c1-11-34-28(9,10)17-19-32-21-23(30-31-32)13-14-24(33)29-22-26(5,6)18-20-35-27(7,8)16-12-15-25(2,3)4/h21H,11-20,22H2,1-10H3,(H,29,33). The van der Waals surface area contributed by atoms with E-state index < -0.39 is 0 Å². The molecule has 204 valence electrons. The third-order valence-corrected chi connectivity index (χ3v) is 6.41. The van der Waals surface area contributed by atoms with Crippen molar-refractivity contribution < 1.29 is 14.3 Å². The lowest BCUT2D eigenvalue weighted by molar-refractivity contribution is -0.121. The molecule has 1 rings (SSSR count). The van der Waals surface area contributed by atoms with Gasteiger partial charge in [-0.05, 0) is 71.1 Å². The summed E-state index contributed by atoms with van der Waals surface area (Å²) in [4.78, 5) is 12.4. The monoisotopic (exact) mass is 494 g/mol. The van der Waals surface area contributed by atoms with Crippen molar-refractivity contribution in [1.29, 1.82) is 0 Å². The highest BCUT2D eigenvalue weighted by molar-refractivity contribution is 5.76. The summed E-state index contributed by atoms with van der Waals surface area (Å²) in [6.07, 6.45) is 8.15. The Hall–Kier alpha value is -1.47. The molecular formula is C28H54N4O3. The topological polar surface area (TPSA) is 78.3 Å². The summed E-state index contributed by atoms with van der Waals surface area (Å²) >= 11 is 0. The number of nitrogens with one attached hydrogen (secondary N) is 1. The predicted octanol–water partition coefficient (Wildman–Crippen LogP) is 5.96. The molecule has 1 aromatic rings. The number of rotatable bonds is 17. The molecule has 0 aliphatic heterocycles. The fourth-order valence-corrected chi connectivity index (χ4v) is 3.89. The summed E-state index contributed by atoms with van der Waals surface area (Å²) in [5.41, 5.74) is 0.902. The molecule has 35 heavy (non-hydrogen) atoms. The molecule has 0 saturated heterocycles. The van der Waals surface area contributed by atoms with Crippen molar-refractivity contribution in [2.24, 2.45) is 10.8 Å². The first-order chi connectivity index (χ1) is 16.0. The van der Waals surface area contributed by atoms with E-state index in [9.17, 15) is 4.79 Å². The van der Waals surface area contributed by atoms with Gasteiger partial charge in [0.05, 0.1) is 16.9 Å². The van der Waals surface area contributed by atoms with Crippen LogP contribution in [0, 0.1) is 10.8 Å². The number of nitrogens with zero attached hydrogens (tertiary/aromatic N) is 3. The smallest absolute Gasteiger partial charge is 0.220 e. The molecule has 0 aromatic carbocycles. The van der Waals surface area contributed by atoms with E-state index >= 15 is 0 Å². The molecule has 1 heterocycles. The first kappa shape index (κ1) is 31.6. The van der Waals surface area contributed by atoms with Gasteiger partial charge in [-0.25, -0.2) is 0 Å². The van der Waals surface area contributed by atoms with Crippen molar-refractivity contribution >= 4 is 5.91 Å². The Morgan fingerprint density at radius 2 is 1.60 bits per heavy atom. The summed E-state index contributed by atoms with van der Waals surface area (Å²) in [6.45, 7) is 24.5. The number of hydrogen-bond donors (Lipinski definition) is 1. The number of ether oxygens (including phenoxy) is 2. The van der Waals surface area contributed by atoms with E-state index in [2.05, 4.69) is 77.9 Å². The van der Waals surface area contributed by atoms with Crippen molar-refractivity contribution in [3.63, 3.8) is 0 Å². The zero-order valence-corrected chi connectivity index (χ0v) is 24.4. The molecule has 0 aliphatic carbocycles. The molecule has 1 aromatic heterocycles. The second kappa shape index (κ2) is 13.7. The van der Waals surface area contributed by atoms with Crippen molar-refractivity contribution in [2.45, 2.75) is 132 Å². The van der Waals surface area contributed by atoms with Gasteiger partial charge in [0, 0.05) is 45.3 Å². The minimum Gasteiger partial charge on any atom is -0.376 e. The summed E-state index contributed by atoms with van der Waals surface area (Å²) < 4.78 is 13.8. The zero-order chi connectivity index (χ0) is 26.8. The maximum Gasteiger partial charge on any atom is 0.220 e. The molecule has 7 heteroatoms. The van der Waals surface area contributed by atoms with E-state index in [0.29, 0.717) is 38.0 Å². The molecule has 1 amide bonds. The van der Waals surface area contributed by atoms with Gasteiger partial charge in [0.2, 0.25) is 5.91 Å². The fraction of sp³-hybridized carbons (Fsp3) is 0.893. The van der Waals surface area contributed by atoms with Gasteiger partial charge >= 0.3 is 0 Å². The summed E-state index contributed by atoms with van der Waals surface area (Å²) in [7, 11) is 0. The van der Waals surface area contributed by atoms with E-state index in [0.717, 1.165) is 31.5 Å². The van der Waals surface area contributed by atoms with Crippen LogP contribution in [-0.4, -0.2) is 51.9 Å². The maximum absolute atomic E-state index is 12.4. The average molecular weight is 495 g/mol. The summed E-state index contributed by atoms with van der Waals surface area (Å²) in [6, 6.07) is 0. The molecule has 0 unspecified atom stereocenters. The zero-order valence-electron chi connectivity index (χ0n) is 24.4. The van der Waals surface area contributed by atoms with Crippen LogP contribution in [0.2, 0.25) is 0 Å². The van der Waals surface area contributed by atoms with Gasteiger partial charge in [0.25, 0.3) is 0 Å². The van der Waals surface area contributed by atoms with Gasteiger partial charge in [-0.1, -0.05) is 46.3 Å². The van der Waals surface area contributed by atoms with Gasteiger partial charge in [-0.2, -0.15) is 0 Å². The van der Waals surface area contributed by atoms with Gasteiger partial charge < -0.3 is 14.8 Å². The third-order valence-electron chi connectivity index (χ3n) is 6.41. The number of amides is 1. The van der Waals surface area contributed by atoms with Crippen LogP contribution in [0.15, 0.2) is 6.20 Å². The Labute approximate surface area is 215 Å². The minimum absolute atomic E-state index is 0.0202. The Bertz CT molecular complexity index is 748. The lowest BCUT2D eigenvalue weighted by Gasteiger charge is -2.30. The maximum atomic E-state index is 12.4. The highest BCUT2D eigenvalue weighted by Gasteiger charge is 2.24. The van der Waals surface area contributed by atoms with E-state index in [-0.39, 0.29) is 22.5 Å². The van der Waals surface area contributed by atoms with Crippen LogP contribution in [0.4, 0.5) is 0 Å². The largest absolute Gasteiger partial charge is 0.376 e. The van der Waals surface area contributed by atoms with E-state index in [1.807, 2.05) is 17.8 Å². The Balaban J connectivity index is 2.30. The van der Waals surface area contributed by atoms with Crippen LogP contribution in [0.1, 0.15) is 113 Å². The average Bonchev–Trinajstić information content (AvgIpc) is 3.16. The number of aromatic nitrogens is 3. The molecule has 0 fully saturated rings. The van der Waals surface area contributed by atoms with Gasteiger partial charge in [-0.15, -0.1) is 5.10 Å². The Morgan fingerprint density at radius 3 is 2.23 bits per heavy atom. The number of aryl methyl sites for hydroxylation is 2. The van der Waals surface area contributed by atoms with Crippen molar-refractivity contribution in [1.82, 2.24) is 20.3 Å². The molecule has 0 saturated carbocycles. The summed E-state index contributed by atoms with van der Waals surface area (Å²) in [5.74, 6) is 0.0496. The van der Waals surface area contributed by atoms with Gasteiger partial charge in [0.15, 0.2) is 0 Å². The minimum atomic E-state index is -0.180. The van der Waals surface area contributed by atoms with E-state index in [1.165, 1.54) is 12.8 Å². The van der Waals surface area contributed by atoms with Crippen molar-refractivity contribution in [3.05, 3.63) is 11.9 Å². The van der Waals surface area contributed by atoms with E-state index in [4.69, 9.17) is 9.47 Å². The number of carbonyl (C=O) groups is 1. The van der Waals surface area contributed by atoms with Crippen molar-refractivity contribution in [3.8, 4) is 0 Å². The molecule has 0 spiro atoms. The summed E-state index contributed by atoms with van der Waals surface area (Å²) in [5, 5.41) is 11.5. The van der Waals surface area contributed by atoms with Crippen LogP contribution >= 0.6 is 0 Å². The van der Waals surface area contributed by atoms with Gasteiger partial charge in [0.1, 0.15) is 0 Å². The van der Waals surface area contributed by atoms with Crippen LogP contribution in [0.3, 0.4) is 0 Å². The highest BCUT2D eigenvalue weighted by atomic mass is 16.5. The molecule has 0 atom stereocenters. The first-order valence-electron chi connectivity index (χ1n) is 13.5. The normalized spacial score (nSPS) is 13.3. The lowest BCUT2D eigenvalue weighted by atomic mass is 9.87. The van der Waals surface area contributed by atoms with Crippen LogP contribution in [0.25, 0.3) is 0 Å². The predicted molar refractivity (Wildman–Crippen MR) is 143 cm³/mol. The highest BCUT2D eigenvalue weighted by Crippen LogP contribution is 2.27.